The minimum Gasteiger partial charge on any atom is -0.368 e. The number of halogens is 2. The zero-order valence-corrected chi connectivity index (χ0v) is 8.59. The zero-order chi connectivity index (χ0) is 8.27. The van der Waals surface area contributed by atoms with Gasteiger partial charge >= 0.3 is 0 Å². The van der Waals surface area contributed by atoms with Gasteiger partial charge in [-0.25, -0.2) is 0 Å². The molecule has 2 nitrogen and oxygen atoms in total. The molecule has 1 heterocycles. The van der Waals surface area contributed by atoms with Gasteiger partial charge in [0.2, 0.25) is 5.24 Å². The van der Waals surface area contributed by atoms with Crippen LogP contribution in [0.5, 0.6) is 0 Å². The molecule has 0 aliphatic carbocycles. The van der Waals surface area contributed by atoms with Gasteiger partial charge in [0.25, 0.3) is 0 Å². The molecule has 11 heavy (non-hydrogen) atoms. The Morgan fingerprint density at radius 3 is 2.91 bits per heavy atom. The molecule has 0 aromatic carbocycles. The maximum absolute atomic E-state index is 10.3. The highest BCUT2D eigenvalue weighted by molar-refractivity contribution is 9.11. The van der Waals surface area contributed by atoms with Crippen molar-refractivity contribution in [2.75, 3.05) is 11.9 Å². The molecular weight excluding hydrogens is 249 g/mol. The van der Waals surface area contributed by atoms with E-state index in [1.807, 2.05) is 12.1 Å². The summed E-state index contributed by atoms with van der Waals surface area (Å²) in [6.45, 7) is 0.175. The first-order chi connectivity index (χ1) is 5.18. The molecular formula is C6H5BrClNOS. The first-order valence-electron chi connectivity index (χ1n) is 2.86. The Labute approximate surface area is 81.7 Å². The maximum Gasteiger partial charge on any atom is 0.240 e. The van der Waals surface area contributed by atoms with Crippen LogP contribution in [0, 0.1) is 0 Å². The van der Waals surface area contributed by atoms with Crippen LogP contribution < -0.4 is 5.32 Å². The van der Waals surface area contributed by atoms with Gasteiger partial charge in [0.1, 0.15) is 0 Å². The molecule has 0 spiro atoms. The first kappa shape index (κ1) is 9.03. The largest absolute Gasteiger partial charge is 0.368 e. The molecule has 1 aromatic rings. The Hall–Kier alpha value is -0.0600. The van der Waals surface area contributed by atoms with Crippen molar-refractivity contribution in [3.8, 4) is 0 Å². The number of thiophene rings is 1. The van der Waals surface area contributed by atoms with Crippen LogP contribution in [0.2, 0.25) is 0 Å². The third kappa shape index (κ3) is 3.22. The first-order valence-corrected chi connectivity index (χ1v) is 4.85. The summed E-state index contributed by atoms with van der Waals surface area (Å²) >= 11 is 9.95. The molecule has 0 saturated heterocycles. The summed E-state index contributed by atoms with van der Waals surface area (Å²) < 4.78 is 1.03. The molecule has 0 radical (unpaired) electrons. The van der Waals surface area contributed by atoms with Crippen LogP contribution in [0.4, 0.5) is 5.00 Å². The molecule has 0 aliphatic heterocycles. The summed E-state index contributed by atoms with van der Waals surface area (Å²) in [7, 11) is 0. The highest BCUT2D eigenvalue weighted by Gasteiger charge is 1.98. The fourth-order valence-electron chi connectivity index (χ4n) is 0.566. The van der Waals surface area contributed by atoms with E-state index in [1.54, 1.807) is 0 Å². The molecule has 0 unspecified atom stereocenters. The molecule has 1 aromatic heterocycles. The Balaban J connectivity index is 2.45. The highest BCUT2D eigenvalue weighted by Crippen LogP contribution is 2.26. The van der Waals surface area contributed by atoms with Gasteiger partial charge in [-0.3, -0.25) is 4.79 Å². The molecule has 60 valence electrons. The van der Waals surface area contributed by atoms with Crippen molar-refractivity contribution in [3.05, 3.63) is 15.9 Å². The smallest absolute Gasteiger partial charge is 0.240 e. The SMILES string of the molecule is O=C(Cl)CNc1ccc(Br)s1. The number of rotatable bonds is 3. The molecule has 0 aliphatic rings. The van der Waals surface area contributed by atoms with E-state index in [2.05, 4.69) is 21.2 Å². The van der Waals surface area contributed by atoms with Gasteiger partial charge in [0, 0.05) is 0 Å². The molecule has 0 amide bonds. The lowest BCUT2D eigenvalue weighted by Gasteiger charge is -1.95. The average molecular weight is 255 g/mol. The molecule has 0 saturated carbocycles. The molecule has 1 rings (SSSR count). The summed E-state index contributed by atoms with van der Waals surface area (Å²) in [6, 6.07) is 3.79. The Morgan fingerprint density at radius 2 is 2.45 bits per heavy atom. The average Bonchev–Trinajstić information content (AvgIpc) is 2.31. The molecule has 1 N–H and O–H groups in total. The molecule has 0 fully saturated rings. The van der Waals surface area contributed by atoms with Gasteiger partial charge in [-0.2, -0.15) is 0 Å². The molecule has 0 atom stereocenters. The number of carbonyl (C=O) groups is 1. The number of nitrogens with one attached hydrogen (secondary N) is 1. The summed E-state index contributed by atoms with van der Waals surface area (Å²) in [6.07, 6.45) is 0. The van der Waals surface area contributed by atoms with Crippen molar-refractivity contribution in [3.63, 3.8) is 0 Å². The Kier molecular flexibility index (Phi) is 3.36. The van der Waals surface area contributed by atoms with Crippen LogP contribution in [0.3, 0.4) is 0 Å². The standard InChI is InChI=1S/C6H5BrClNOS/c7-4-1-2-6(11-4)9-3-5(8)10/h1-2,9H,3H2. The number of hydrogen-bond donors (Lipinski definition) is 1. The quantitative estimate of drug-likeness (QED) is 0.840. The summed E-state index contributed by atoms with van der Waals surface area (Å²) in [4.78, 5) is 10.3. The Morgan fingerprint density at radius 1 is 1.73 bits per heavy atom. The predicted octanol–water partition coefficient (Wildman–Crippen LogP) is 2.69. The predicted molar refractivity (Wildman–Crippen MR) is 51.4 cm³/mol. The molecule has 0 bridgehead atoms. The van der Waals surface area contributed by atoms with Gasteiger partial charge in [0.05, 0.1) is 15.3 Å². The van der Waals surface area contributed by atoms with Gasteiger partial charge in [-0.05, 0) is 39.7 Å². The number of anilines is 1. The number of carbonyl (C=O) groups excluding carboxylic acids is 1. The van der Waals surface area contributed by atoms with Crippen molar-refractivity contribution >= 4 is 49.1 Å². The summed E-state index contributed by atoms with van der Waals surface area (Å²) in [5.41, 5.74) is 0. The van der Waals surface area contributed by atoms with Crippen LogP contribution in [0.15, 0.2) is 15.9 Å². The normalized spacial score (nSPS) is 9.64. The van der Waals surface area contributed by atoms with Gasteiger partial charge in [0.15, 0.2) is 0 Å². The van der Waals surface area contributed by atoms with E-state index in [4.69, 9.17) is 11.6 Å². The zero-order valence-electron chi connectivity index (χ0n) is 5.43. The van der Waals surface area contributed by atoms with Gasteiger partial charge in [-0.15, -0.1) is 11.3 Å². The van der Waals surface area contributed by atoms with Crippen LogP contribution in [0.25, 0.3) is 0 Å². The lowest BCUT2D eigenvalue weighted by Crippen LogP contribution is -2.06. The second-order valence-corrected chi connectivity index (χ2v) is 4.70. The van der Waals surface area contributed by atoms with E-state index >= 15 is 0 Å². The lowest BCUT2D eigenvalue weighted by molar-refractivity contribution is -0.110. The third-order valence-electron chi connectivity index (χ3n) is 0.975. The van der Waals surface area contributed by atoms with Crippen LogP contribution >= 0.6 is 38.9 Å². The summed E-state index contributed by atoms with van der Waals surface area (Å²) in [5.74, 6) is 0. The third-order valence-corrected chi connectivity index (χ3v) is 2.69. The minimum atomic E-state index is -0.380. The van der Waals surface area contributed by atoms with Crippen molar-refractivity contribution in [1.82, 2.24) is 0 Å². The van der Waals surface area contributed by atoms with Crippen LogP contribution in [-0.4, -0.2) is 11.8 Å². The second-order valence-electron chi connectivity index (χ2n) is 1.81. The Bertz CT molecular complexity index is 263. The fourth-order valence-corrected chi connectivity index (χ4v) is 1.91. The fraction of sp³-hybridized carbons (Fsp3) is 0.167. The van der Waals surface area contributed by atoms with E-state index in [-0.39, 0.29) is 11.8 Å². The van der Waals surface area contributed by atoms with Gasteiger partial charge in [-0.1, -0.05) is 0 Å². The highest BCUT2D eigenvalue weighted by atomic mass is 79.9. The van der Waals surface area contributed by atoms with E-state index < -0.39 is 0 Å². The van der Waals surface area contributed by atoms with E-state index in [0.717, 1.165) is 8.79 Å². The van der Waals surface area contributed by atoms with Crippen molar-refractivity contribution in [1.29, 1.82) is 0 Å². The van der Waals surface area contributed by atoms with E-state index in [0.29, 0.717) is 0 Å². The van der Waals surface area contributed by atoms with Crippen molar-refractivity contribution in [2.45, 2.75) is 0 Å². The van der Waals surface area contributed by atoms with E-state index in [9.17, 15) is 4.79 Å². The number of hydrogen-bond acceptors (Lipinski definition) is 3. The van der Waals surface area contributed by atoms with Crippen molar-refractivity contribution in [2.24, 2.45) is 0 Å². The van der Waals surface area contributed by atoms with Gasteiger partial charge < -0.3 is 5.32 Å². The van der Waals surface area contributed by atoms with Crippen LogP contribution in [0.1, 0.15) is 0 Å². The summed E-state index contributed by atoms with van der Waals surface area (Å²) in [5, 5.41) is 3.43. The second kappa shape index (κ2) is 4.09. The van der Waals surface area contributed by atoms with E-state index in [1.165, 1.54) is 11.3 Å². The van der Waals surface area contributed by atoms with Crippen molar-refractivity contribution < 1.29 is 4.79 Å². The molecule has 5 heteroatoms. The maximum atomic E-state index is 10.3. The monoisotopic (exact) mass is 253 g/mol. The van der Waals surface area contributed by atoms with Crippen LogP contribution in [-0.2, 0) is 4.79 Å². The minimum absolute atomic E-state index is 0.175. The topological polar surface area (TPSA) is 29.1 Å². The lowest BCUT2D eigenvalue weighted by atomic mass is 10.6.